The van der Waals surface area contributed by atoms with Crippen LogP contribution in [-0.2, 0) is 11.4 Å². The van der Waals surface area contributed by atoms with E-state index in [1.807, 2.05) is 52.0 Å². The van der Waals surface area contributed by atoms with Gasteiger partial charge in [-0.05, 0) is 63.1 Å². The summed E-state index contributed by atoms with van der Waals surface area (Å²) in [6.45, 7) is 7.98. The van der Waals surface area contributed by atoms with E-state index >= 15 is 0 Å². The first-order valence-corrected chi connectivity index (χ1v) is 9.52. The molecule has 1 aromatic heterocycles. The van der Waals surface area contributed by atoms with Gasteiger partial charge >= 0.3 is 0 Å². The number of anilines is 1. The highest BCUT2D eigenvalue weighted by Gasteiger charge is 2.12. The Bertz CT molecular complexity index is 1120. The largest absolute Gasteiger partial charge is 0.489 e. The van der Waals surface area contributed by atoms with Crippen molar-refractivity contribution < 1.29 is 14.1 Å². The highest BCUT2D eigenvalue weighted by Crippen LogP contribution is 2.20. The number of rotatable bonds is 6. The van der Waals surface area contributed by atoms with Crippen LogP contribution in [0, 0.1) is 39.0 Å². The van der Waals surface area contributed by atoms with Crippen LogP contribution >= 0.6 is 0 Å². The lowest BCUT2D eigenvalue weighted by molar-refractivity contribution is -0.112. The minimum absolute atomic E-state index is 0.0272. The number of nitrogens with one attached hydrogen (secondary N) is 1. The maximum absolute atomic E-state index is 12.5. The number of aromatic nitrogens is 1. The SMILES string of the molecule is Cc1ccc(NC(=O)/C(C#N)=C/c2ccc(OCc3c(C)noc3C)cc2)c(C)c1. The molecule has 0 unspecified atom stereocenters. The normalized spacial score (nSPS) is 11.1. The zero-order valence-electron chi connectivity index (χ0n) is 17.4. The topological polar surface area (TPSA) is 88.2 Å². The van der Waals surface area contributed by atoms with Crippen molar-refractivity contribution in [3.8, 4) is 11.8 Å². The van der Waals surface area contributed by atoms with Crippen molar-refractivity contribution in [3.05, 3.63) is 81.7 Å². The van der Waals surface area contributed by atoms with E-state index in [2.05, 4.69) is 10.5 Å². The summed E-state index contributed by atoms with van der Waals surface area (Å²) in [5, 5.41) is 16.1. The van der Waals surface area contributed by atoms with Crippen LogP contribution in [-0.4, -0.2) is 11.1 Å². The van der Waals surface area contributed by atoms with Gasteiger partial charge in [-0.15, -0.1) is 0 Å². The smallest absolute Gasteiger partial charge is 0.266 e. The second kappa shape index (κ2) is 9.10. The maximum atomic E-state index is 12.5. The Morgan fingerprint density at radius 2 is 1.90 bits per heavy atom. The van der Waals surface area contributed by atoms with Crippen LogP contribution in [0.15, 0.2) is 52.6 Å². The molecule has 6 nitrogen and oxygen atoms in total. The molecule has 3 rings (SSSR count). The standard InChI is InChI=1S/C24H23N3O3/c1-15-5-10-23(16(2)11-15)26-24(28)20(13-25)12-19-6-8-21(9-7-19)29-14-22-17(3)27-30-18(22)4/h5-12H,14H2,1-4H3,(H,26,28)/b20-12+. The van der Waals surface area contributed by atoms with Gasteiger partial charge in [-0.1, -0.05) is 35.0 Å². The lowest BCUT2D eigenvalue weighted by Crippen LogP contribution is -2.14. The molecule has 30 heavy (non-hydrogen) atoms. The Morgan fingerprint density at radius 1 is 1.17 bits per heavy atom. The molecule has 1 amide bonds. The fourth-order valence-electron chi connectivity index (χ4n) is 2.98. The highest BCUT2D eigenvalue weighted by molar-refractivity contribution is 6.09. The van der Waals surface area contributed by atoms with Crippen molar-refractivity contribution in [2.24, 2.45) is 0 Å². The summed E-state index contributed by atoms with van der Waals surface area (Å²) in [4.78, 5) is 12.5. The number of carbonyl (C=O) groups is 1. The summed E-state index contributed by atoms with van der Waals surface area (Å²) in [7, 11) is 0. The molecule has 0 radical (unpaired) electrons. The fraction of sp³-hybridized carbons (Fsp3) is 0.208. The first-order valence-electron chi connectivity index (χ1n) is 9.52. The predicted molar refractivity (Wildman–Crippen MR) is 115 cm³/mol. The number of hydrogen-bond donors (Lipinski definition) is 1. The molecule has 0 fully saturated rings. The van der Waals surface area contributed by atoms with Crippen molar-refractivity contribution in [2.75, 3.05) is 5.32 Å². The molecule has 2 aromatic carbocycles. The Hall–Kier alpha value is -3.85. The van der Waals surface area contributed by atoms with Gasteiger partial charge in [0.2, 0.25) is 0 Å². The van der Waals surface area contributed by atoms with Crippen LogP contribution in [0.5, 0.6) is 5.75 Å². The van der Waals surface area contributed by atoms with Crippen molar-refractivity contribution in [2.45, 2.75) is 34.3 Å². The van der Waals surface area contributed by atoms with Crippen molar-refractivity contribution >= 4 is 17.7 Å². The molecule has 3 aromatic rings. The number of amides is 1. The lowest BCUT2D eigenvalue weighted by Gasteiger charge is -2.09. The summed E-state index contributed by atoms with van der Waals surface area (Å²) in [6, 6.07) is 14.9. The van der Waals surface area contributed by atoms with Crippen molar-refractivity contribution in [1.29, 1.82) is 5.26 Å². The zero-order chi connectivity index (χ0) is 21.7. The molecule has 0 spiro atoms. The second-order valence-corrected chi connectivity index (χ2v) is 7.10. The molecule has 152 valence electrons. The first-order chi connectivity index (χ1) is 14.4. The third-order valence-electron chi connectivity index (χ3n) is 4.75. The Kier molecular flexibility index (Phi) is 6.33. The first kappa shape index (κ1) is 20.9. The van der Waals surface area contributed by atoms with Gasteiger partial charge < -0.3 is 14.6 Å². The molecule has 0 saturated heterocycles. The Labute approximate surface area is 175 Å². The van der Waals surface area contributed by atoms with Crippen LogP contribution in [0.3, 0.4) is 0 Å². The molecule has 0 saturated carbocycles. The van der Waals surface area contributed by atoms with Crippen molar-refractivity contribution in [1.82, 2.24) is 5.16 Å². The number of carbonyl (C=O) groups excluding carboxylic acids is 1. The van der Waals surface area contributed by atoms with Gasteiger partial charge in [0.1, 0.15) is 29.8 Å². The average molecular weight is 401 g/mol. The molecule has 0 aliphatic rings. The third-order valence-corrected chi connectivity index (χ3v) is 4.75. The summed E-state index contributed by atoms with van der Waals surface area (Å²) >= 11 is 0. The molecule has 0 aliphatic carbocycles. The minimum Gasteiger partial charge on any atom is -0.489 e. The number of hydrogen-bond acceptors (Lipinski definition) is 5. The molecule has 1 N–H and O–H groups in total. The van der Waals surface area contributed by atoms with E-state index < -0.39 is 5.91 Å². The van der Waals surface area contributed by atoms with Crippen LogP contribution in [0.2, 0.25) is 0 Å². The van der Waals surface area contributed by atoms with Gasteiger partial charge in [-0.3, -0.25) is 4.79 Å². The average Bonchev–Trinajstić information content (AvgIpc) is 3.05. The van der Waals surface area contributed by atoms with E-state index in [4.69, 9.17) is 9.26 Å². The van der Waals surface area contributed by atoms with E-state index in [1.165, 1.54) is 0 Å². The van der Waals surface area contributed by atoms with Gasteiger partial charge in [0.05, 0.1) is 11.3 Å². The zero-order valence-corrected chi connectivity index (χ0v) is 17.4. The summed E-state index contributed by atoms with van der Waals surface area (Å²) in [5.74, 6) is 0.967. The van der Waals surface area contributed by atoms with Gasteiger partial charge in [-0.25, -0.2) is 0 Å². The van der Waals surface area contributed by atoms with Gasteiger partial charge in [0.15, 0.2) is 0 Å². The summed E-state index contributed by atoms with van der Waals surface area (Å²) in [6.07, 6.45) is 1.55. The number of nitrogens with zero attached hydrogens (tertiary/aromatic N) is 2. The monoisotopic (exact) mass is 401 g/mol. The minimum atomic E-state index is -0.441. The predicted octanol–water partition coefficient (Wildman–Crippen LogP) is 5.03. The van der Waals surface area contributed by atoms with E-state index in [0.717, 1.165) is 33.7 Å². The molecule has 0 atom stereocenters. The quantitative estimate of drug-likeness (QED) is 0.462. The van der Waals surface area contributed by atoms with Gasteiger partial charge in [0.25, 0.3) is 5.91 Å². The second-order valence-electron chi connectivity index (χ2n) is 7.10. The van der Waals surface area contributed by atoms with Crippen LogP contribution in [0.25, 0.3) is 6.08 Å². The van der Waals surface area contributed by atoms with E-state index in [9.17, 15) is 10.1 Å². The van der Waals surface area contributed by atoms with Crippen molar-refractivity contribution in [3.63, 3.8) is 0 Å². The molecule has 0 aliphatic heterocycles. The Balaban J connectivity index is 1.68. The summed E-state index contributed by atoms with van der Waals surface area (Å²) < 4.78 is 10.9. The number of benzene rings is 2. The molecular formula is C24H23N3O3. The number of aryl methyl sites for hydroxylation is 4. The number of ether oxygens (including phenoxy) is 1. The highest BCUT2D eigenvalue weighted by atomic mass is 16.5. The lowest BCUT2D eigenvalue weighted by atomic mass is 10.1. The van der Waals surface area contributed by atoms with Gasteiger partial charge in [-0.2, -0.15) is 5.26 Å². The van der Waals surface area contributed by atoms with E-state index in [1.54, 1.807) is 30.3 Å². The number of nitriles is 1. The Morgan fingerprint density at radius 3 is 2.50 bits per heavy atom. The van der Waals surface area contributed by atoms with E-state index in [0.29, 0.717) is 18.0 Å². The molecule has 0 bridgehead atoms. The fourth-order valence-corrected chi connectivity index (χ4v) is 2.98. The van der Waals surface area contributed by atoms with Crippen LogP contribution in [0.4, 0.5) is 5.69 Å². The third kappa shape index (κ3) is 4.95. The van der Waals surface area contributed by atoms with Gasteiger partial charge in [0, 0.05) is 5.69 Å². The van der Waals surface area contributed by atoms with E-state index in [-0.39, 0.29) is 5.57 Å². The molecule has 6 heteroatoms. The van der Waals surface area contributed by atoms with Crippen LogP contribution < -0.4 is 10.1 Å². The molecular weight excluding hydrogens is 378 g/mol. The van der Waals surface area contributed by atoms with Crippen LogP contribution in [0.1, 0.15) is 33.7 Å². The summed E-state index contributed by atoms with van der Waals surface area (Å²) in [5.41, 5.74) is 5.23. The maximum Gasteiger partial charge on any atom is 0.266 e. The molecule has 1 heterocycles.